The maximum Gasteiger partial charge on any atom is 0.314 e. The first kappa shape index (κ1) is 23.8. The van der Waals surface area contributed by atoms with E-state index >= 15 is 0 Å². The van der Waals surface area contributed by atoms with Crippen molar-refractivity contribution in [1.29, 1.82) is 0 Å². The lowest BCUT2D eigenvalue weighted by Gasteiger charge is -2.31. The average molecular weight is 519 g/mol. The summed E-state index contributed by atoms with van der Waals surface area (Å²) in [6.07, 6.45) is -0.543. The third-order valence-corrected chi connectivity index (χ3v) is 8.70. The topological polar surface area (TPSA) is 89.2 Å². The molecule has 4 rings (SSSR count). The van der Waals surface area contributed by atoms with Gasteiger partial charge in [0.1, 0.15) is 5.82 Å². The van der Waals surface area contributed by atoms with E-state index in [9.17, 15) is 21.6 Å². The van der Waals surface area contributed by atoms with Gasteiger partial charge in [-0.25, -0.2) is 12.8 Å². The zero-order valence-corrected chi connectivity index (χ0v) is 19.4. The lowest BCUT2D eigenvalue weighted by Crippen LogP contribution is -2.40. The molecule has 1 saturated heterocycles. The predicted octanol–water partition coefficient (Wildman–Crippen LogP) is 5.09. The Morgan fingerprint density at radius 1 is 1.18 bits per heavy atom. The van der Waals surface area contributed by atoms with E-state index in [0.29, 0.717) is 24.1 Å². The highest BCUT2D eigenvalue weighted by molar-refractivity contribution is 7.99. The maximum absolute atomic E-state index is 13.7. The number of anilines is 1. The summed E-state index contributed by atoms with van der Waals surface area (Å²) in [4.78, 5) is 4.24. The monoisotopic (exact) mass is 518 g/mol. The van der Waals surface area contributed by atoms with Crippen LogP contribution in [-0.2, 0) is 16.6 Å². The summed E-state index contributed by atoms with van der Waals surface area (Å²) in [5, 5.41) is 6.08. The highest BCUT2D eigenvalue weighted by atomic mass is 35.5. The predicted molar refractivity (Wildman–Crippen MR) is 119 cm³/mol. The van der Waals surface area contributed by atoms with Gasteiger partial charge in [0.15, 0.2) is 0 Å². The first-order valence-corrected chi connectivity index (χ1v) is 12.9. The summed E-state index contributed by atoms with van der Waals surface area (Å²) in [5.74, 6) is -0.111. The molecule has 0 amide bonds. The Morgan fingerprint density at radius 2 is 1.94 bits per heavy atom. The van der Waals surface area contributed by atoms with Crippen LogP contribution in [0.4, 0.5) is 18.9 Å². The van der Waals surface area contributed by atoms with Gasteiger partial charge in [-0.1, -0.05) is 11.6 Å². The van der Waals surface area contributed by atoms with Crippen molar-refractivity contribution in [3.8, 4) is 11.5 Å². The number of aromatic nitrogens is 3. The molecule has 1 aliphatic heterocycles. The molecule has 7 nitrogen and oxygen atoms in total. The van der Waals surface area contributed by atoms with Crippen LogP contribution in [0.3, 0.4) is 0 Å². The summed E-state index contributed by atoms with van der Waals surface area (Å²) < 4.78 is 72.1. The molecule has 0 N–H and O–H groups in total. The number of pyridine rings is 1. The standard InChI is InChI=1S/C20H18ClF3N4O3S2/c21-16-9-14(3-4-17(16)22)28(33(29,30)15-5-7-32-8-6-15)11-13-2-1-12(10-25-13)19-26-27-20(31-19)18(23)24/h1-4,9-10,15,18H,5-8,11H2. The van der Waals surface area contributed by atoms with Gasteiger partial charge >= 0.3 is 6.43 Å². The lowest BCUT2D eigenvalue weighted by molar-refractivity contribution is 0.116. The molecular formula is C20H18ClF3N4O3S2. The van der Waals surface area contributed by atoms with Gasteiger partial charge in [-0.15, -0.1) is 10.2 Å². The van der Waals surface area contributed by atoms with Crippen molar-refractivity contribution in [2.45, 2.75) is 31.1 Å². The minimum absolute atomic E-state index is 0.125. The van der Waals surface area contributed by atoms with Crippen LogP contribution in [0, 0.1) is 5.82 Å². The van der Waals surface area contributed by atoms with E-state index in [1.165, 1.54) is 34.8 Å². The fraction of sp³-hybridized carbons (Fsp3) is 0.350. The first-order chi connectivity index (χ1) is 15.8. The number of hydrogen-bond donors (Lipinski definition) is 0. The minimum Gasteiger partial charge on any atom is -0.415 e. The molecule has 3 heterocycles. The molecule has 0 atom stereocenters. The number of alkyl halides is 2. The molecular weight excluding hydrogens is 501 g/mol. The number of benzene rings is 1. The molecule has 33 heavy (non-hydrogen) atoms. The van der Waals surface area contributed by atoms with Crippen molar-refractivity contribution in [3.63, 3.8) is 0 Å². The number of nitrogens with zero attached hydrogens (tertiary/aromatic N) is 4. The van der Waals surface area contributed by atoms with Gasteiger partial charge in [-0.2, -0.15) is 20.5 Å². The van der Waals surface area contributed by atoms with Crippen molar-refractivity contribution in [2.75, 3.05) is 15.8 Å². The Balaban J connectivity index is 1.63. The summed E-state index contributed by atoms with van der Waals surface area (Å²) in [6, 6.07) is 6.79. The number of hydrogen-bond acceptors (Lipinski definition) is 7. The van der Waals surface area contributed by atoms with Crippen LogP contribution in [0.5, 0.6) is 0 Å². The minimum atomic E-state index is -3.80. The van der Waals surface area contributed by atoms with Crippen molar-refractivity contribution in [2.24, 2.45) is 0 Å². The van der Waals surface area contributed by atoms with Crippen molar-refractivity contribution < 1.29 is 26.0 Å². The second-order valence-corrected chi connectivity index (χ2v) is 11.0. The van der Waals surface area contributed by atoms with Crippen LogP contribution in [0.1, 0.15) is 30.9 Å². The summed E-state index contributed by atoms with van der Waals surface area (Å²) >= 11 is 7.62. The van der Waals surface area contributed by atoms with Crippen LogP contribution in [0.2, 0.25) is 5.02 Å². The summed E-state index contributed by atoms with van der Waals surface area (Å²) in [6.45, 7) is -0.125. The lowest BCUT2D eigenvalue weighted by atomic mass is 10.2. The van der Waals surface area contributed by atoms with E-state index in [4.69, 9.17) is 16.0 Å². The molecule has 0 bridgehead atoms. The number of sulfonamides is 1. The second-order valence-electron chi connectivity index (χ2n) is 7.25. The third kappa shape index (κ3) is 5.28. The molecule has 2 aromatic heterocycles. The third-order valence-electron chi connectivity index (χ3n) is 5.09. The fourth-order valence-corrected chi connectivity index (χ4v) is 6.84. The van der Waals surface area contributed by atoms with Crippen LogP contribution < -0.4 is 4.31 Å². The molecule has 176 valence electrons. The molecule has 0 saturated carbocycles. The molecule has 0 aliphatic carbocycles. The SMILES string of the molecule is O=S(=O)(C1CCSCC1)N(Cc1ccc(-c2nnc(C(F)F)o2)cn1)c1ccc(F)c(Cl)c1. The summed E-state index contributed by atoms with van der Waals surface area (Å²) in [5.41, 5.74) is 0.909. The fourth-order valence-electron chi connectivity index (χ4n) is 3.35. The largest absolute Gasteiger partial charge is 0.415 e. The highest BCUT2D eigenvalue weighted by Crippen LogP contribution is 2.32. The van der Waals surface area contributed by atoms with Gasteiger partial charge in [0.25, 0.3) is 5.89 Å². The zero-order valence-electron chi connectivity index (χ0n) is 17.0. The van der Waals surface area contributed by atoms with Crippen LogP contribution in [0.25, 0.3) is 11.5 Å². The first-order valence-electron chi connectivity index (χ1n) is 9.87. The summed E-state index contributed by atoms with van der Waals surface area (Å²) in [7, 11) is -3.80. The van der Waals surface area contributed by atoms with Gasteiger partial charge in [0.05, 0.1) is 33.8 Å². The van der Waals surface area contributed by atoms with Gasteiger partial charge in [-0.3, -0.25) is 9.29 Å². The van der Waals surface area contributed by atoms with E-state index in [-0.39, 0.29) is 23.1 Å². The van der Waals surface area contributed by atoms with Crippen LogP contribution >= 0.6 is 23.4 Å². The average Bonchev–Trinajstić information content (AvgIpc) is 3.31. The van der Waals surface area contributed by atoms with E-state index < -0.39 is 33.4 Å². The number of thioether (sulfide) groups is 1. The molecule has 13 heteroatoms. The van der Waals surface area contributed by atoms with Crippen LogP contribution in [-0.4, -0.2) is 40.4 Å². The molecule has 0 unspecified atom stereocenters. The zero-order chi connectivity index (χ0) is 23.6. The van der Waals surface area contributed by atoms with E-state index in [1.807, 2.05) is 0 Å². The highest BCUT2D eigenvalue weighted by Gasteiger charge is 2.34. The molecule has 1 fully saturated rings. The van der Waals surface area contributed by atoms with E-state index in [0.717, 1.165) is 17.6 Å². The number of halogens is 4. The van der Waals surface area contributed by atoms with Gasteiger partial charge in [-0.05, 0) is 54.7 Å². The Morgan fingerprint density at radius 3 is 2.55 bits per heavy atom. The Kier molecular flexibility index (Phi) is 7.15. The van der Waals surface area contributed by atoms with E-state index in [2.05, 4.69) is 15.2 Å². The Hall–Kier alpha value is -2.31. The molecule has 1 aliphatic rings. The smallest absolute Gasteiger partial charge is 0.314 e. The number of rotatable bonds is 7. The van der Waals surface area contributed by atoms with Crippen molar-refractivity contribution in [1.82, 2.24) is 15.2 Å². The molecule has 0 spiro atoms. The molecule has 3 aromatic rings. The van der Waals surface area contributed by atoms with Crippen molar-refractivity contribution >= 4 is 39.1 Å². The van der Waals surface area contributed by atoms with Crippen LogP contribution in [0.15, 0.2) is 40.9 Å². The quantitative estimate of drug-likeness (QED) is 0.430. The molecule has 0 radical (unpaired) electrons. The van der Waals surface area contributed by atoms with E-state index in [1.54, 1.807) is 11.8 Å². The van der Waals surface area contributed by atoms with Crippen molar-refractivity contribution in [3.05, 3.63) is 59.0 Å². The Labute approximate surface area is 197 Å². The Bertz CT molecular complexity index is 1220. The normalized spacial score (nSPS) is 15.2. The second kappa shape index (κ2) is 9.90. The van der Waals surface area contributed by atoms with Gasteiger partial charge in [0, 0.05) is 6.20 Å². The van der Waals surface area contributed by atoms with Gasteiger partial charge < -0.3 is 4.42 Å². The van der Waals surface area contributed by atoms with Gasteiger partial charge in [0.2, 0.25) is 15.9 Å². The maximum atomic E-state index is 13.7. The molecule has 1 aromatic carbocycles.